The van der Waals surface area contributed by atoms with Crippen molar-refractivity contribution in [1.29, 1.82) is 0 Å². The van der Waals surface area contributed by atoms with Crippen molar-refractivity contribution in [1.82, 2.24) is 19.8 Å². The van der Waals surface area contributed by atoms with Gasteiger partial charge in [-0.1, -0.05) is 12.1 Å². The zero-order valence-electron chi connectivity index (χ0n) is 22.0. The number of hydrogen-bond acceptors (Lipinski definition) is 6. The number of aromatic nitrogens is 2. The molecule has 0 atom stereocenters. The lowest BCUT2D eigenvalue weighted by Gasteiger charge is -2.30. The van der Waals surface area contributed by atoms with Crippen LogP contribution in [0.5, 0.6) is 0 Å². The SMILES string of the molecule is CC1(C)c2n[nH]c(CC(=O)c3c(F)cccc3CNC3CCOCC3)c2CN1S(=O)(=O)c1cc(F)cc(F)c1.Cl. The normalized spacial score (nSPS) is 17.4. The van der Waals surface area contributed by atoms with E-state index >= 15 is 0 Å². The van der Waals surface area contributed by atoms with Gasteiger partial charge < -0.3 is 10.1 Å². The maximum atomic E-state index is 14.9. The standard InChI is InChI=1S/C27H29F3N4O4S.ClH/c1-27(2)26-21(15-34(27)39(36,37)20-11-17(28)10-18(29)12-20)23(32-33-26)13-24(35)25-16(4-3-5-22(25)30)14-31-19-6-8-38-9-7-19;/h3-5,10-12,19,31H,6-9,13-15H2,1-2H3,(H,32,33);1H. The molecule has 0 spiro atoms. The fourth-order valence-corrected chi connectivity index (χ4v) is 7.07. The predicted molar refractivity (Wildman–Crippen MR) is 143 cm³/mol. The van der Waals surface area contributed by atoms with Crippen LogP contribution < -0.4 is 5.32 Å². The Hall–Kier alpha value is -2.77. The van der Waals surface area contributed by atoms with Gasteiger partial charge in [-0.2, -0.15) is 9.40 Å². The number of sulfonamides is 1. The molecule has 1 aromatic heterocycles. The average molecular weight is 599 g/mol. The van der Waals surface area contributed by atoms with E-state index in [-0.39, 0.29) is 37.0 Å². The lowest BCUT2D eigenvalue weighted by Crippen LogP contribution is -2.40. The zero-order valence-corrected chi connectivity index (χ0v) is 23.6. The Labute approximate surface area is 236 Å². The fourth-order valence-electron chi connectivity index (χ4n) is 5.31. The maximum Gasteiger partial charge on any atom is 0.244 e. The number of carbonyl (C=O) groups is 1. The van der Waals surface area contributed by atoms with E-state index in [1.165, 1.54) is 6.07 Å². The molecule has 2 aromatic carbocycles. The molecule has 2 aliphatic rings. The molecule has 3 aromatic rings. The second kappa shape index (κ2) is 11.6. The van der Waals surface area contributed by atoms with Gasteiger partial charge in [-0.3, -0.25) is 9.89 Å². The zero-order chi connectivity index (χ0) is 27.9. The average Bonchev–Trinajstić information content (AvgIpc) is 3.40. The molecule has 0 aliphatic carbocycles. The Balaban J connectivity index is 0.00000370. The number of hydrogen-bond donors (Lipinski definition) is 2. The molecule has 1 saturated heterocycles. The number of fused-ring (bicyclic) bond motifs is 1. The predicted octanol–water partition coefficient (Wildman–Crippen LogP) is 4.38. The largest absolute Gasteiger partial charge is 0.381 e. The number of rotatable bonds is 8. The van der Waals surface area contributed by atoms with Crippen LogP contribution in [0.1, 0.15) is 59.6 Å². The minimum atomic E-state index is -4.32. The Bertz CT molecular complexity index is 1500. The molecule has 40 heavy (non-hydrogen) atoms. The summed E-state index contributed by atoms with van der Waals surface area (Å²) < 4.78 is 75.8. The Kier molecular flexibility index (Phi) is 8.77. The van der Waals surface area contributed by atoms with Crippen molar-refractivity contribution in [3.8, 4) is 0 Å². The highest BCUT2D eigenvalue weighted by molar-refractivity contribution is 7.89. The summed E-state index contributed by atoms with van der Waals surface area (Å²) >= 11 is 0. The van der Waals surface area contributed by atoms with Gasteiger partial charge in [0.05, 0.1) is 28.1 Å². The lowest BCUT2D eigenvalue weighted by molar-refractivity contribution is 0.0775. The summed E-state index contributed by atoms with van der Waals surface area (Å²) in [5.74, 6) is -3.14. The number of aromatic amines is 1. The number of H-pyrrole nitrogens is 1. The number of ether oxygens (including phenoxy) is 1. The number of ketones is 1. The van der Waals surface area contributed by atoms with Crippen molar-refractivity contribution < 1.29 is 31.1 Å². The molecule has 0 amide bonds. The van der Waals surface area contributed by atoms with E-state index in [0.717, 1.165) is 29.3 Å². The van der Waals surface area contributed by atoms with E-state index in [1.807, 2.05) is 0 Å². The van der Waals surface area contributed by atoms with Crippen molar-refractivity contribution in [2.45, 2.75) is 62.7 Å². The maximum absolute atomic E-state index is 14.9. The van der Waals surface area contributed by atoms with E-state index < -0.39 is 43.7 Å². The first-order valence-electron chi connectivity index (χ1n) is 12.7. The molecule has 2 aliphatic heterocycles. The van der Waals surface area contributed by atoms with E-state index in [4.69, 9.17) is 4.74 Å². The quantitative estimate of drug-likeness (QED) is 0.373. The van der Waals surface area contributed by atoms with Crippen LogP contribution in [0.4, 0.5) is 13.2 Å². The molecule has 1 fully saturated rings. The topological polar surface area (TPSA) is 104 Å². The smallest absolute Gasteiger partial charge is 0.244 e. The molecule has 8 nitrogen and oxygen atoms in total. The Morgan fingerprint density at radius 2 is 1.82 bits per heavy atom. The van der Waals surface area contributed by atoms with Gasteiger partial charge in [0.25, 0.3) is 0 Å². The van der Waals surface area contributed by atoms with Crippen molar-refractivity contribution >= 4 is 28.2 Å². The first-order chi connectivity index (χ1) is 18.5. The van der Waals surface area contributed by atoms with Crippen LogP contribution in [0.3, 0.4) is 0 Å². The van der Waals surface area contributed by atoms with Gasteiger partial charge in [0.15, 0.2) is 5.78 Å². The van der Waals surface area contributed by atoms with Crippen LogP contribution >= 0.6 is 12.4 Å². The van der Waals surface area contributed by atoms with Gasteiger partial charge in [0.2, 0.25) is 10.0 Å². The van der Waals surface area contributed by atoms with Crippen LogP contribution in [0, 0.1) is 17.5 Å². The van der Waals surface area contributed by atoms with Crippen LogP contribution in [0.15, 0.2) is 41.3 Å². The summed E-state index contributed by atoms with van der Waals surface area (Å²) in [4.78, 5) is 12.9. The van der Waals surface area contributed by atoms with Crippen molar-refractivity contribution in [3.05, 3.63) is 81.9 Å². The van der Waals surface area contributed by atoms with Crippen LogP contribution in [0.2, 0.25) is 0 Å². The van der Waals surface area contributed by atoms with Gasteiger partial charge >= 0.3 is 0 Å². The first kappa shape index (κ1) is 30.2. The number of nitrogens with zero attached hydrogens (tertiary/aromatic N) is 2. The van der Waals surface area contributed by atoms with Gasteiger partial charge in [0, 0.05) is 49.7 Å². The molecule has 216 valence electrons. The van der Waals surface area contributed by atoms with Crippen molar-refractivity contribution in [3.63, 3.8) is 0 Å². The summed E-state index contributed by atoms with van der Waals surface area (Å²) in [6.45, 7) is 4.68. The summed E-state index contributed by atoms with van der Waals surface area (Å²) in [6.07, 6.45) is 1.43. The van der Waals surface area contributed by atoms with E-state index in [9.17, 15) is 26.4 Å². The molecule has 13 heteroatoms. The van der Waals surface area contributed by atoms with Crippen LogP contribution in [-0.2, 0) is 39.8 Å². The monoisotopic (exact) mass is 598 g/mol. The molecule has 5 rings (SSSR count). The molecule has 0 radical (unpaired) electrons. The van der Waals surface area contributed by atoms with Crippen molar-refractivity contribution in [2.75, 3.05) is 13.2 Å². The van der Waals surface area contributed by atoms with Gasteiger partial charge in [-0.25, -0.2) is 21.6 Å². The van der Waals surface area contributed by atoms with E-state index in [1.54, 1.807) is 26.0 Å². The number of carbonyl (C=O) groups excluding carboxylic acids is 1. The second-order valence-electron chi connectivity index (χ2n) is 10.3. The molecule has 0 bridgehead atoms. The second-order valence-corrected chi connectivity index (χ2v) is 12.2. The highest BCUT2D eigenvalue weighted by Crippen LogP contribution is 2.42. The minimum absolute atomic E-state index is 0. The third kappa shape index (κ3) is 5.68. The number of nitrogens with one attached hydrogen (secondary N) is 2. The summed E-state index contributed by atoms with van der Waals surface area (Å²) in [5, 5.41) is 10.5. The Morgan fingerprint density at radius 1 is 1.15 bits per heavy atom. The molecule has 0 saturated carbocycles. The summed E-state index contributed by atoms with van der Waals surface area (Å²) in [5.41, 5.74) is 0.550. The third-order valence-corrected chi connectivity index (χ3v) is 9.40. The lowest BCUT2D eigenvalue weighted by atomic mass is 9.96. The number of benzene rings is 2. The van der Waals surface area contributed by atoms with Gasteiger partial charge in [-0.05, 0) is 50.5 Å². The first-order valence-corrected chi connectivity index (χ1v) is 14.1. The van der Waals surface area contributed by atoms with Gasteiger partial charge in [0.1, 0.15) is 17.5 Å². The van der Waals surface area contributed by atoms with E-state index in [0.29, 0.717) is 48.3 Å². The highest BCUT2D eigenvalue weighted by Gasteiger charge is 2.48. The van der Waals surface area contributed by atoms with Crippen LogP contribution in [0.25, 0.3) is 0 Å². The number of Topliss-reactive ketones (excluding diaryl/α,β-unsaturated/α-hetero) is 1. The summed E-state index contributed by atoms with van der Waals surface area (Å²) in [7, 11) is -4.32. The molecular weight excluding hydrogens is 569 g/mol. The van der Waals surface area contributed by atoms with E-state index in [2.05, 4.69) is 15.5 Å². The Morgan fingerprint density at radius 3 is 2.50 bits per heavy atom. The molecular formula is C27H30ClF3N4O4S. The molecule has 0 unspecified atom stereocenters. The molecule has 2 N–H and O–H groups in total. The fraction of sp³-hybridized carbons (Fsp3) is 0.407. The van der Waals surface area contributed by atoms with Crippen molar-refractivity contribution in [2.24, 2.45) is 0 Å². The highest BCUT2D eigenvalue weighted by atomic mass is 35.5. The molecule has 3 heterocycles. The summed E-state index contributed by atoms with van der Waals surface area (Å²) in [6, 6.07) is 6.82. The van der Waals surface area contributed by atoms with Crippen LogP contribution in [-0.4, -0.2) is 48.0 Å². The third-order valence-electron chi connectivity index (χ3n) is 7.40. The minimum Gasteiger partial charge on any atom is -0.381 e. The van der Waals surface area contributed by atoms with Gasteiger partial charge in [-0.15, -0.1) is 12.4 Å². The number of halogens is 4.